The van der Waals surface area contributed by atoms with E-state index < -0.39 is 0 Å². The Bertz CT molecular complexity index is 411. The van der Waals surface area contributed by atoms with Crippen LogP contribution in [0.15, 0.2) is 18.2 Å². The first-order chi connectivity index (χ1) is 9.09. The van der Waals surface area contributed by atoms with E-state index in [1.54, 1.807) is 0 Å². The fourth-order valence-corrected chi connectivity index (χ4v) is 3.06. The molecule has 0 atom stereocenters. The Kier molecular flexibility index (Phi) is 4.98. The first-order valence-electron chi connectivity index (χ1n) is 7.40. The molecule has 2 rings (SSSR count). The number of nitrogens with two attached hydrogens (primary N) is 1. The summed E-state index contributed by atoms with van der Waals surface area (Å²) in [6, 6.07) is 6.63. The van der Waals surface area contributed by atoms with Crippen LogP contribution in [0.1, 0.15) is 46.0 Å². The molecule has 0 amide bonds. The summed E-state index contributed by atoms with van der Waals surface area (Å²) < 4.78 is 0. The summed E-state index contributed by atoms with van der Waals surface area (Å²) in [7, 11) is 0. The first kappa shape index (κ1) is 14.5. The molecule has 0 saturated heterocycles. The van der Waals surface area contributed by atoms with E-state index in [1.165, 1.54) is 32.1 Å². The molecule has 2 nitrogen and oxygen atoms in total. The highest BCUT2D eigenvalue weighted by molar-refractivity contribution is 6.33. The van der Waals surface area contributed by atoms with Gasteiger partial charge >= 0.3 is 0 Å². The lowest BCUT2D eigenvalue weighted by atomic mass is 10.1. The van der Waals surface area contributed by atoms with Crippen molar-refractivity contribution >= 4 is 23.0 Å². The number of para-hydroxylation sites is 1. The van der Waals surface area contributed by atoms with E-state index >= 15 is 0 Å². The van der Waals surface area contributed by atoms with Gasteiger partial charge in [-0.05, 0) is 37.3 Å². The Morgan fingerprint density at radius 3 is 2.63 bits per heavy atom. The molecule has 0 radical (unpaired) electrons. The van der Waals surface area contributed by atoms with Crippen molar-refractivity contribution in [3.05, 3.63) is 23.2 Å². The van der Waals surface area contributed by atoms with Gasteiger partial charge in [-0.15, -0.1) is 0 Å². The minimum absolute atomic E-state index is 0.638. The van der Waals surface area contributed by atoms with Gasteiger partial charge in [0.05, 0.1) is 16.4 Å². The molecule has 0 spiro atoms. The number of benzene rings is 1. The lowest BCUT2D eigenvalue weighted by Crippen LogP contribution is -2.35. The zero-order chi connectivity index (χ0) is 13.8. The standard InChI is InChI=1S/C16H25ClN2/c1-12(2)10-11-19(13-6-3-4-7-13)15-9-5-8-14(17)16(15)18/h5,8-9,12-13H,3-4,6-7,10-11,18H2,1-2H3. The lowest BCUT2D eigenvalue weighted by Gasteiger charge is -2.33. The number of hydrogen-bond donors (Lipinski definition) is 1. The summed E-state index contributed by atoms with van der Waals surface area (Å²) in [5.41, 5.74) is 8.04. The number of nitrogen functional groups attached to an aromatic ring is 1. The van der Waals surface area contributed by atoms with Crippen molar-refractivity contribution in [3.63, 3.8) is 0 Å². The highest BCUT2D eigenvalue weighted by Crippen LogP contribution is 2.35. The van der Waals surface area contributed by atoms with E-state index in [4.69, 9.17) is 17.3 Å². The SMILES string of the molecule is CC(C)CCN(c1cccc(Cl)c1N)C1CCCC1. The molecule has 3 heteroatoms. The number of anilines is 2. The molecule has 1 aliphatic rings. The summed E-state index contributed by atoms with van der Waals surface area (Å²) in [5.74, 6) is 0.712. The van der Waals surface area contributed by atoms with Crippen molar-refractivity contribution in [2.45, 2.75) is 52.0 Å². The normalized spacial score (nSPS) is 16.2. The smallest absolute Gasteiger partial charge is 0.0741 e. The van der Waals surface area contributed by atoms with Crippen LogP contribution in [0.4, 0.5) is 11.4 Å². The van der Waals surface area contributed by atoms with E-state index in [-0.39, 0.29) is 0 Å². The highest BCUT2D eigenvalue weighted by Gasteiger charge is 2.24. The van der Waals surface area contributed by atoms with Crippen molar-refractivity contribution < 1.29 is 0 Å². The number of rotatable bonds is 5. The van der Waals surface area contributed by atoms with E-state index in [2.05, 4.69) is 24.8 Å². The molecule has 106 valence electrons. The molecule has 0 bridgehead atoms. The van der Waals surface area contributed by atoms with Crippen molar-refractivity contribution in [3.8, 4) is 0 Å². The Morgan fingerprint density at radius 1 is 1.32 bits per heavy atom. The average Bonchev–Trinajstić information content (AvgIpc) is 2.88. The average molecular weight is 281 g/mol. The maximum absolute atomic E-state index is 6.18. The first-order valence-corrected chi connectivity index (χ1v) is 7.78. The van der Waals surface area contributed by atoms with Gasteiger partial charge in [0, 0.05) is 12.6 Å². The van der Waals surface area contributed by atoms with E-state index in [1.807, 2.05) is 12.1 Å². The van der Waals surface area contributed by atoms with Crippen molar-refractivity contribution in [2.75, 3.05) is 17.2 Å². The number of nitrogens with zero attached hydrogens (tertiary/aromatic N) is 1. The summed E-state index contributed by atoms with van der Waals surface area (Å²) in [4.78, 5) is 2.49. The molecule has 19 heavy (non-hydrogen) atoms. The van der Waals surface area contributed by atoms with Gasteiger partial charge in [-0.2, -0.15) is 0 Å². The molecule has 1 aromatic carbocycles. The molecular weight excluding hydrogens is 256 g/mol. The predicted octanol–water partition coefficient (Wildman–Crippen LogP) is 4.72. The Hall–Kier alpha value is -0.890. The van der Waals surface area contributed by atoms with Gasteiger partial charge in [-0.1, -0.05) is 44.4 Å². The van der Waals surface area contributed by atoms with Gasteiger partial charge in [-0.25, -0.2) is 0 Å². The second kappa shape index (κ2) is 6.51. The maximum Gasteiger partial charge on any atom is 0.0741 e. The van der Waals surface area contributed by atoms with Crippen LogP contribution in [-0.2, 0) is 0 Å². The monoisotopic (exact) mass is 280 g/mol. The van der Waals surface area contributed by atoms with Crippen molar-refractivity contribution in [1.82, 2.24) is 0 Å². The third-order valence-electron chi connectivity index (χ3n) is 4.05. The van der Waals surface area contributed by atoms with Crippen LogP contribution < -0.4 is 10.6 Å². The zero-order valence-corrected chi connectivity index (χ0v) is 12.8. The quantitative estimate of drug-likeness (QED) is 0.791. The van der Waals surface area contributed by atoms with Gasteiger partial charge in [0.1, 0.15) is 0 Å². The van der Waals surface area contributed by atoms with Crippen LogP contribution >= 0.6 is 11.6 Å². The minimum atomic E-state index is 0.638. The maximum atomic E-state index is 6.18. The molecule has 1 saturated carbocycles. The zero-order valence-electron chi connectivity index (χ0n) is 12.0. The largest absolute Gasteiger partial charge is 0.396 e. The van der Waals surface area contributed by atoms with Crippen LogP contribution in [0.2, 0.25) is 5.02 Å². The lowest BCUT2D eigenvalue weighted by molar-refractivity contribution is 0.529. The molecule has 0 unspecified atom stereocenters. The Morgan fingerprint density at radius 2 is 2.00 bits per heavy atom. The Labute approximate surface area is 121 Å². The fourth-order valence-electron chi connectivity index (χ4n) is 2.89. The third kappa shape index (κ3) is 3.56. The summed E-state index contributed by atoms with van der Waals surface area (Å²) in [5, 5.41) is 0.671. The summed E-state index contributed by atoms with van der Waals surface area (Å²) >= 11 is 6.18. The summed E-state index contributed by atoms with van der Waals surface area (Å²) in [6.07, 6.45) is 6.43. The van der Waals surface area contributed by atoms with E-state index in [0.717, 1.165) is 17.9 Å². The van der Waals surface area contributed by atoms with Gasteiger partial charge in [0.25, 0.3) is 0 Å². The molecule has 0 aromatic heterocycles. The molecule has 2 N–H and O–H groups in total. The topological polar surface area (TPSA) is 29.3 Å². The minimum Gasteiger partial charge on any atom is -0.396 e. The molecule has 1 fully saturated rings. The Balaban J connectivity index is 2.22. The third-order valence-corrected chi connectivity index (χ3v) is 4.38. The van der Waals surface area contributed by atoms with Gasteiger partial charge in [-0.3, -0.25) is 0 Å². The second-order valence-electron chi connectivity index (χ2n) is 5.99. The van der Waals surface area contributed by atoms with Crippen LogP contribution in [-0.4, -0.2) is 12.6 Å². The van der Waals surface area contributed by atoms with Gasteiger partial charge in [0.15, 0.2) is 0 Å². The summed E-state index contributed by atoms with van der Waals surface area (Å²) in [6.45, 7) is 5.62. The molecular formula is C16H25ClN2. The fraction of sp³-hybridized carbons (Fsp3) is 0.625. The predicted molar refractivity (Wildman–Crippen MR) is 84.9 cm³/mol. The van der Waals surface area contributed by atoms with Crippen molar-refractivity contribution in [2.24, 2.45) is 5.92 Å². The van der Waals surface area contributed by atoms with Crippen LogP contribution in [0.5, 0.6) is 0 Å². The molecule has 0 aliphatic heterocycles. The molecule has 1 aromatic rings. The molecule has 0 heterocycles. The molecule has 1 aliphatic carbocycles. The van der Waals surface area contributed by atoms with Crippen LogP contribution in [0.3, 0.4) is 0 Å². The second-order valence-corrected chi connectivity index (χ2v) is 6.39. The van der Waals surface area contributed by atoms with Gasteiger partial charge in [0.2, 0.25) is 0 Å². The number of halogens is 1. The number of hydrogen-bond acceptors (Lipinski definition) is 2. The van der Waals surface area contributed by atoms with Crippen molar-refractivity contribution in [1.29, 1.82) is 0 Å². The van der Waals surface area contributed by atoms with E-state index in [9.17, 15) is 0 Å². The van der Waals surface area contributed by atoms with E-state index in [0.29, 0.717) is 17.0 Å². The van der Waals surface area contributed by atoms with Crippen LogP contribution in [0.25, 0.3) is 0 Å². The van der Waals surface area contributed by atoms with Gasteiger partial charge < -0.3 is 10.6 Å². The van der Waals surface area contributed by atoms with Crippen LogP contribution in [0, 0.1) is 5.92 Å². The highest BCUT2D eigenvalue weighted by atomic mass is 35.5.